The molecule has 1 heterocycles. The first kappa shape index (κ1) is 11.2. The van der Waals surface area contributed by atoms with Crippen molar-refractivity contribution in [2.45, 2.75) is 46.4 Å². The largest absolute Gasteiger partial charge is 0.393 e. The standard InChI is InChI=1S/C10H18N2O2/c1-7(14)4-5-12-9(3)10(6-13)8(2)11-12/h7,13-14H,4-6H2,1-3H3. The second-order valence-corrected chi connectivity index (χ2v) is 3.67. The Balaban J connectivity index is 2.78. The van der Waals surface area contributed by atoms with Crippen LogP contribution in [-0.4, -0.2) is 26.1 Å². The van der Waals surface area contributed by atoms with Gasteiger partial charge in [0.05, 0.1) is 18.4 Å². The van der Waals surface area contributed by atoms with Crippen LogP contribution in [0.4, 0.5) is 0 Å². The zero-order chi connectivity index (χ0) is 10.7. The number of aromatic nitrogens is 2. The van der Waals surface area contributed by atoms with Crippen molar-refractivity contribution in [3.05, 3.63) is 17.0 Å². The minimum atomic E-state index is -0.309. The Labute approximate surface area is 84.2 Å². The Morgan fingerprint density at radius 3 is 2.50 bits per heavy atom. The Morgan fingerprint density at radius 1 is 1.43 bits per heavy atom. The van der Waals surface area contributed by atoms with Crippen molar-refractivity contribution in [3.8, 4) is 0 Å². The number of aliphatic hydroxyl groups excluding tert-OH is 2. The van der Waals surface area contributed by atoms with Gasteiger partial charge in [0, 0.05) is 17.8 Å². The van der Waals surface area contributed by atoms with Crippen molar-refractivity contribution in [2.24, 2.45) is 0 Å². The van der Waals surface area contributed by atoms with Crippen LogP contribution >= 0.6 is 0 Å². The lowest BCUT2D eigenvalue weighted by molar-refractivity contribution is 0.176. The maximum Gasteiger partial charge on any atom is 0.0718 e. The summed E-state index contributed by atoms with van der Waals surface area (Å²) in [6, 6.07) is 0. The van der Waals surface area contributed by atoms with Crippen molar-refractivity contribution in [3.63, 3.8) is 0 Å². The van der Waals surface area contributed by atoms with E-state index in [1.54, 1.807) is 6.92 Å². The van der Waals surface area contributed by atoms with Crippen molar-refractivity contribution >= 4 is 0 Å². The lowest BCUT2D eigenvalue weighted by atomic mass is 10.2. The highest BCUT2D eigenvalue weighted by Crippen LogP contribution is 2.13. The van der Waals surface area contributed by atoms with Crippen LogP contribution in [0.2, 0.25) is 0 Å². The maximum atomic E-state index is 9.15. The first-order valence-corrected chi connectivity index (χ1v) is 4.88. The molecule has 14 heavy (non-hydrogen) atoms. The molecule has 1 aromatic heterocycles. The van der Waals surface area contributed by atoms with E-state index in [1.165, 1.54) is 0 Å². The van der Waals surface area contributed by atoms with Crippen molar-refractivity contribution < 1.29 is 10.2 Å². The van der Waals surface area contributed by atoms with Crippen LogP contribution in [-0.2, 0) is 13.2 Å². The molecule has 0 bridgehead atoms. The SMILES string of the molecule is Cc1nn(CCC(C)O)c(C)c1CO. The molecule has 0 amide bonds. The lowest BCUT2D eigenvalue weighted by Crippen LogP contribution is -2.09. The highest BCUT2D eigenvalue weighted by atomic mass is 16.3. The van der Waals surface area contributed by atoms with Crippen LogP contribution < -0.4 is 0 Å². The molecule has 0 spiro atoms. The molecule has 2 N–H and O–H groups in total. The summed E-state index contributed by atoms with van der Waals surface area (Å²) in [5, 5.41) is 22.5. The Morgan fingerprint density at radius 2 is 2.07 bits per heavy atom. The molecule has 4 nitrogen and oxygen atoms in total. The van der Waals surface area contributed by atoms with E-state index >= 15 is 0 Å². The van der Waals surface area contributed by atoms with Gasteiger partial charge in [-0.15, -0.1) is 0 Å². The second-order valence-electron chi connectivity index (χ2n) is 3.67. The molecule has 0 saturated heterocycles. The highest BCUT2D eigenvalue weighted by molar-refractivity contribution is 5.23. The summed E-state index contributed by atoms with van der Waals surface area (Å²) in [5.41, 5.74) is 2.76. The summed E-state index contributed by atoms with van der Waals surface area (Å²) in [7, 11) is 0. The molecule has 1 atom stereocenters. The van der Waals surface area contributed by atoms with Crippen molar-refractivity contribution in [2.75, 3.05) is 0 Å². The zero-order valence-electron chi connectivity index (χ0n) is 8.99. The van der Waals surface area contributed by atoms with Gasteiger partial charge in [0.2, 0.25) is 0 Å². The molecule has 0 fully saturated rings. The molecule has 1 unspecified atom stereocenters. The number of nitrogens with zero attached hydrogens (tertiary/aromatic N) is 2. The third-order valence-electron chi connectivity index (χ3n) is 2.45. The molecule has 1 aromatic rings. The number of aliphatic hydroxyl groups is 2. The molecule has 80 valence electrons. The van der Waals surface area contributed by atoms with Crippen LogP contribution in [0, 0.1) is 13.8 Å². The van der Waals surface area contributed by atoms with Crippen molar-refractivity contribution in [1.82, 2.24) is 9.78 Å². The second kappa shape index (κ2) is 4.57. The summed E-state index contributed by atoms with van der Waals surface area (Å²) in [6.07, 6.45) is 0.379. The van der Waals surface area contributed by atoms with Gasteiger partial charge >= 0.3 is 0 Å². The van der Waals surface area contributed by atoms with Gasteiger partial charge in [0.15, 0.2) is 0 Å². The van der Waals surface area contributed by atoms with Gasteiger partial charge in [0.25, 0.3) is 0 Å². The fourth-order valence-electron chi connectivity index (χ4n) is 1.49. The molecular weight excluding hydrogens is 180 g/mol. The number of rotatable bonds is 4. The molecule has 0 aromatic carbocycles. The Kier molecular flexibility index (Phi) is 3.66. The molecule has 0 aliphatic carbocycles. The van der Waals surface area contributed by atoms with Crippen LogP contribution in [0.1, 0.15) is 30.3 Å². The topological polar surface area (TPSA) is 58.3 Å². The van der Waals surface area contributed by atoms with E-state index in [1.807, 2.05) is 18.5 Å². The fourth-order valence-corrected chi connectivity index (χ4v) is 1.49. The van der Waals surface area contributed by atoms with Gasteiger partial charge in [-0.3, -0.25) is 4.68 Å². The normalized spacial score (nSPS) is 13.2. The summed E-state index contributed by atoms with van der Waals surface area (Å²) >= 11 is 0. The van der Waals surface area contributed by atoms with Gasteiger partial charge < -0.3 is 10.2 Å². The summed E-state index contributed by atoms with van der Waals surface area (Å²) in [5.74, 6) is 0. The molecule has 0 aliphatic heterocycles. The molecule has 0 radical (unpaired) electrons. The van der Waals surface area contributed by atoms with E-state index in [2.05, 4.69) is 5.10 Å². The van der Waals surface area contributed by atoms with Crippen LogP contribution in [0.3, 0.4) is 0 Å². The highest BCUT2D eigenvalue weighted by Gasteiger charge is 2.10. The summed E-state index contributed by atoms with van der Waals surface area (Å²) in [4.78, 5) is 0. The van der Waals surface area contributed by atoms with Crippen LogP contribution in [0.25, 0.3) is 0 Å². The van der Waals surface area contributed by atoms with Crippen LogP contribution in [0.15, 0.2) is 0 Å². The minimum Gasteiger partial charge on any atom is -0.393 e. The monoisotopic (exact) mass is 198 g/mol. The molecular formula is C10H18N2O2. The molecule has 1 rings (SSSR count). The van der Waals surface area contributed by atoms with E-state index < -0.39 is 0 Å². The summed E-state index contributed by atoms with van der Waals surface area (Å²) < 4.78 is 1.84. The lowest BCUT2D eigenvalue weighted by Gasteiger charge is -2.06. The van der Waals surface area contributed by atoms with E-state index in [9.17, 15) is 0 Å². The predicted octanol–water partition coefficient (Wildman–Crippen LogP) is 0.763. The molecule has 0 aliphatic rings. The third-order valence-corrected chi connectivity index (χ3v) is 2.45. The van der Waals surface area contributed by atoms with E-state index in [-0.39, 0.29) is 12.7 Å². The molecule has 4 heteroatoms. The van der Waals surface area contributed by atoms with Gasteiger partial charge in [-0.2, -0.15) is 5.10 Å². The predicted molar refractivity (Wildman–Crippen MR) is 53.9 cm³/mol. The van der Waals surface area contributed by atoms with Gasteiger partial charge in [-0.1, -0.05) is 0 Å². The first-order chi connectivity index (χ1) is 6.56. The Bertz CT molecular complexity index is 305. The van der Waals surface area contributed by atoms with E-state index in [0.717, 1.165) is 17.0 Å². The zero-order valence-corrected chi connectivity index (χ0v) is 8.99. The first-order valence-electron chi connectivity index (χ1n) is 4.88. The van der Waals surface area contributed by atoms with E-state index in [0.29, 0.717) is 13.0 Å². The fraction of sp³-hybridized carbons (Fsp3) is 0.700. The number of hydrogen-bond acceptors (Lipinski definition) is 3. The average molecular weight is 198 g/mol. The quantitative estimate of drug-likeness (QED) is 0.751. The van der Waals surface area contributed by atoms with Crippen molar-refractivity contribution in [1.29, 1.82) is 0 Å². The smallest absolute Gasteiger partial charge is 0.0718 e. The Hall–Kier alpha value is -0.870. The van der Waals surface area contributed by atoms with Gasteiger partial charge in [0.1, 0.15) is 0 Å². The van der Waals surface area contributed by atoms with Gasteiger partial charge in [-0.05, 0) is 27.2 Å². The van der Waals surface area contributed by atoms with Gasteiger partial charge in [-0.25, -0.2) is 0 Å². The van der Waals surface area contributed by atoms with E-state index in [4.69, 9.17) is 10.2 Å². The molecule has 0 saturated carbocycles. The maximum absolute atomic E-state index is 9.15. The average Bonchev–Trinajstić information content (AvgIpc) is 2.38. The van der Waals surface area contributed by atoms with Crippen LogP contribution in [0.5, 0.6) is 0 Å². The minimum absolute atomic E-state index is 0.0341. The number of aryl methyl sites for hydroxylation is 2. The third kappa shape index (κ3) is 2.33. The summed E-state index contributed by atoms with van der Waals surface area (Å²) in [6.45, 7) is 6.32. The number of hydrogen-bond donors (Lipinski definition) is 2.